The Kier molecular flexibility index (Phi) is 8.13. The molecule has 0 spiro atoms. The van der Waals surface area contributed by atoms with Gasteiger partial charge < -0.3 is 24.3 Å². The fourth-order valence-electron chi connectivity index (χ4n) is 2.69. The molecule has 0 aromatic heterocycles. The average Bonchev–Trinajstić information content (AvgIpc) is 2.64. The lowest BCUT2D eigenvalue weighted by Gasteiger charge is -2.33. The Morgan fingerprint density at radius 3 is 2.63 bits per heavy atom. The first-order valence-corrected chi connectivity index (χ1v) is 10.3. The summed E-state index contributed by atoms with van der Waals surface area (Å²) in [4.78, 5) is 16.8. The molecule has 1 aliphatic rings. The molecule has 7 nitrogen and oxygen atoms in total. The number of alkyl halides is 3. The Morgan fingerprint density at radius 1 is 1.37 bits per heavy atom. The fraction of sp³-hybridized carbons (Fsp3) is 0.500. The van der Waals surface area contributed by atoms with E-state index in [0.717, 1.165) is 0 Å². The number of amides is 1. The maximum Gasteiger partial charge on any atom is 0.408 e. The van der Waals surface area contributed by atoms with Crippen LogP contribution in [0.5, 0.6) is 11.5 Å². The largest absolute Gasteiger partial charge is 0.497 e. The van der Waals surface area contributed by atoms with Crippen molar-refractivity contribution in [2.24, 2.45) is 4.99 Å². The summed E-state index contributed by atoms with van der Waals surface area (Å²) in [5.74, 6) is 1.00. The van der Waals surface area contributed by atoms with Crippen molar-refractivity contribution in [2.75, 3.05) is 20.3 Å². The van der Waals surface area contributed by atoms with Gasteiger partial charge >= 0.3 is 6.09 Å². The minimum Gasteiger partial charge on any atom is -0.497 e. The molecule has 1 aliphatic heterocycles. The van der Waals surface area contributed by atoms with E-state index in [-0.39, 0.29) is 19.1 Å². The molecule has 1 aromatic carbocycles. The van der Waals surface area contributed by atoms with Crippen molar-refractivity contribution >= 4 is 46.8 Å². The van der Waals surface area contributed by atoms with Crippen LogP contribution in [0, 0.1) is 0 Å². The molecule has 2 rings (SSSR count). The molecule has 1 aromatic rings. The molecular weight excluding hydrogens is 455 g/mol. The minimum atomic E-state index is -1.86. The molecule has 0 radical (unpaired) electrons. The van der Waals surface area contributed by atoms with Gasteiger partial charge in [0.05, 0.1) is 13.2 Å². The highest BCUT2D eigenvalue weighted by atomic mass is 35.6. The maximum atomic E-state index is 12.4. The van der Waals surface area contributed by atoms with Crippen molar-refractivity contribution in [3.63, 3.8) is 0 Å². The number of alkyl carbamates (subject to hydrolysis) is 1. The average molecular weight is 480 g/mol. The second-order valence-electron chi connectivity index (χ2n) is 7.44. The van der Waals surface area contributed by atoms with Gasteiger partial charge in [-0.2, -0.15) is 0 Å². The van der Waals surface area contributed by atoms with Crippen LogP contribution < -0.4 is 14.8 Å². The van der Waals surface area contributed by atoms with Gasteiger partial charge in [0.1, 0.15) is 36.4 Å². The van der Waals surface area contributed by atoms with E-state index < -0.39 is 27.6 Å². The first-order valence-electron chi connectivity index (χ1n) is 9.13. The van der Waals surface area contributed by atoms with Crippen LogP contribution in [-0.2, 0) is 9.47 Å². The van der Waals surface area contributed by atoms with Gasteiger partial charge in [0.15, 0.2) is 0 Å². The molecule has 166 valence electrons. The first kappa shape index (κ1) is 24.4. The van der Waals surface area contributed by atoms with Crippen LogP contribution >= 0.6 is 34.8 Å². The van der Waals surface area contributed by atoms with Crippen LogP contribution in [0.3, 0.4) is 0 Å². The molecule has 0 saturated heterocycles. The highest BCUT2D eigenvalue weighted by Gasteiger charge is 2.39. The Labute approximate surface area is 191 Å². The third-order valence-electron chi connectivity index (χ3n) is 3.88. The molecule has 10 heteroatoms. The molecule has 2 atom stereocenters. The predicted octanol–water partition coefficient (Wildman–Crippen LogP) is 4.99. The lowest BCUT2D eigenvalue weighted by Crippen LogP contribution is -2.48. The number of halogens is 3. The number of rotatable bonds is 6. The highest BCUT2D eigenvalue weighted by molar-refractivity contribution is 6.76. The molecule has 0 bridgehead atoms. The van der Waals surface area contributed by atoms with Crippen LogP contribution in [0.4, 0.5) is 4.79 Å². The second kappa shape index (κ2) is 9.98. The monoisotopic (exact) mass is 478 g/mol. The van der Waals surface area contributed by atoms with E-state index in [1.54, 1.807) is 52.2 Å². The van der Waals surface area contributed by atoms with Crippen LogP contribution in [0.2, 0.25) is 0 Å². The molecule has 0 unspecified atom stereocenters. The SMILES string of the molecule is C=CCOc1cc(OC)ccc1[C@@H]1N=C(C(Cl)(Cl)Cl)OC[C@H]1NC(=O)OC(C)(C)C. The van der Waals surface area contributed by atoms with Crippen molar-refractivity contribution in [3.8, 4) is 11.5 Å². The molecular formula is C20H25Cl3N2O5. The molecule has 0 aliphatic carbocycles. The number of aliphatic imine (C=N–C) groups is 1. The normalized spacial score (nSPS) is 19.2. The fourth-order valence-corrected chi connectivity index (χ4v) is 3.00. The van der Waals surface area contributed by atoms with Gasteiger partial charge in [0.2, 0.25) is 5.90 Å². The first-order chi connectivity index (χ1) is 13.9. The zero-order valence-electron chi connectivity index (χ0n) is 17.2. The second-order valence-corrected chi connectivity index (χ2v) is 9.73. The molecule has 1 heterocycles. The summed E-state index contributed by atoms with van der Waals surface area (Å²) in [5.41, 5.74) is -0.0202. The number of hydrogen-bond acceptors (Lipinski definition) is 6. The Bertz CT molecular complexity index is 803. The number of carbonyl (C=O) groups excluding carboxylic acids is 1. The van der Waals surface area contributed by atoms with Gasteiger partial charge in [0, 0.05) is 11.6 Å². The van der Waals surface area contributed by atoms with E-state index >= 15 is 0 Å². The van der Waals surface area contributed by atoms with E-state index in [9.17, 15) is 4.79 Å². The van der Waals surface area contributed by atoms with Crippen LogP contribution in [0.15, 0.2) is 35.8 Å². The van der Waals surface area contributed by atoms with Crippen LogP contribution in [-0.4, -0.2) is 47.7 Å². The number of benzene rings is 1. The van der Waals surface area contributed by atoms with Crippen molar-refractivity contribution < 1.29 is 23.7 Å². The number of nitrogens with one attached hydrogen (secondary N) is 1. The summed E-state index contributed by atoms with van der Waals surface area (Å²) < 4.78 is 20.1. The van der Waals surface area contributed by atoms with Crippen molar-refractivity contribution in [3.05, 3.63) is 36.4 Å². The van der Waals surface area contributed by atoms with Gasteiger partial charge in [-0.15, -0.1) is 0 Å². The smallest absolute Gasteiger partial charge is 0.408 e. The summed E-state index contributed by atoms with van der Waals surface area (Å²) in [6.45, 7) is 9.25. The number of methoxy groups -OCH3 is 1. The summed E-state index contributed by atoms with van der Waals surface area (Å²) in [5, 5.41) is 2.78. The summed E-state index contributed by atoms with van der Waals surface area (Å²) in [6.07, 6.45) is 0.996. The zero-order chi connectivity index (χ0) is 22.5. The van der Waals surface area contributed by atoms with Gasteiger partial charge in [0.25, 0.3) is 3.79 Å². The molecule has 1 amide bonds. The van der Waals surface area contributed by atoms with Gasteiger partial charge in [-0.3, -0.25) is 0 Å². The Balaban J connectivity index is 2.45. The predicted molar refractivity (Wildman–Crippen MR) is 118 cm³/mol. The number of nitrogens with zero attached hydrogens (tertiary/aromatic N) is 1. The summed E-state index contributed by atoms with van der Waals surface area (Å²) in [6, 6.07) is 3.97. The van der Waals surface area contributed by atoms with Gasteiger partial charge in [-0.05, 0) is 32.9 Å². The zero-order valence-corrected chi connectivity index (χ0v) is 19.5. The lowest BCUT2D eigenvalue weighted by atomic mass is 9.98. The standard InChI is InChI=1S/C20H25Cl3N2O5/c1-6-9-28-15-10-12(27-5)7-8-13(15)16-14(24-18(26)30-19(2,3)4)11-29-17(25-16)20(21,22)23/h6-8,10,14,16H,1,9,11H2,2-5H3,(H,24,26)/t14-,16+/m1/s1. The van der Waals surface area contributed by atoms with E-state index in [1.165, 1.54) is 0 Å². The van der Waals surface area contributed by atoms with Gasteiger partial charge in [-0.1, -0.05) is 47.5 Å². The number of hydrogen-bond donors (Lipinski definition) is 1. The third-order valence-corrected chi connectivity index (χ3v) is 4.36. The van der Waals surface area contributed by atoms with E-state index in [4.69, 9.17) is 53.8 Å². The molecule has 0 fully saturated rings. The number of ether oxygens (including phenoxy) is 4. The minimum absolute atomic E-state index is 0.0174. The maximum absolute atomic E-state index is 12.4. The summed E-state index contributed by atoms with van der Waals surface area (Å²) >= 11 is 17.9. The van der Waals surface area contributed by atoms with Crippen LogP contribution in [0.25, 0.3) is 0 Å². The van der Waals surface area contributed by atoms with E-state index in [2.05, 4.69) is 16.9 Å². The van der Waals surface area contributed by atoms with E-state index in [0.29, 0.717) is 17.1 Å². The highest BCUT2D eigenvalue weighted by Crippen LogP contribution is 2.39. The van der Waals surface area contributed by atoms with Crippen molar-refractivity contribution in [1.29, 1.82) is 0 Å². The van der Waals surface area contributed by atoms with Crippen molar-refractivity contribution in [1.82, 2.24) is 5.32 Å². The number of carbonyl (C=O) groups is 1. The lowest BCUT2D eigenvalue weighted by molar-refractivity contribution is 0.0464. The Morgan fingerprint density at radius 2 is 2.07 bits per heavy atom. The quantitative estimate of drug-likeness (QED) is 0.459. The van der Waals surface area contributed by atoms with Gasteiger partial charge in [-0.25, -0.2) is 9.79 Å². The third kappa shape index (κ3) is 6.86. The van der Waals surface area contributed by atoms with Crippen LogP contribution in [0.1, 0.15) is 32.4 Å². The van der Waals surface area contributed by atoms with E-state index in [1.807, 2.05) is 0 Å². The molecule has 30 heavy (non-hydrogen) atoms. The molecule has 0 saturated carbocycles. The van der Waals surface area contributed by atoms with Crippen molar-refractivity contribution in [2.45, 2.75) is 42.2 Å². The topological polar surface area (TPSA) is 78.4 Å². The summed E-state index contributed by atoms with van der Waals surface area (Å²) in [7, 11) is 1.55. The Hall–Kier alpha value is -1.83. The molecule has 1 N–H and O–H groups in total.